The zero-order valence-corrected chi connectivity index (χ0v) is 27.5. The van der Waals surface area contributed by atoms with Gasteiger partial charge in [-0.2, -0.15) is 0 Å². The van der Waals surface area contributed by atoms with Crippen molar-refractivity contribution in [1.29, 1.82) is 0 Å². The summed E-state index contributed by atoms with van der Waals surface area (Å²) in [4.78, 5) is 17.0. The van der Waals surface area contributed by atoms with E-state index in [1.807, 2.05) is 109 Å². The maximum atomic E-state index is 5.31. The minimum absolute atomic E-state index is 0.0647. The van der Waals surface area contributed by atoms with E-state index < -0.39 is 0 Å². The minimum atomic E-state index is -0.323. The van der Waals surface area contributed by atoms with Crippen LogP contribution in [0, 0.1) is 5.92 Å². The number of benzene rings is 1. The quantitative estimate of drug-likeness (QED) is 0.108. The summed E-state index contributed by atoms with van der Waals surface area (Å²) in [5.41, 5.74) is 4.52. The highest BCUT2D eigenvalue weighted by Crippen LogP contribution is 2.36. The fourth-order valence-electron chi connectivity index (χ4n) is 5.13. The first-order valence-corrected chi connectivity index (χ1v) is 15.9. The fraction of sp³-hybridized carbons (Fsp3) is 0.257. The molecule has 1 saturated carbocycles. The van der Waals surface area contributed by atoms with E-state index in [1.165, 1.54) is 32.1 Å². The van der Waals surface area contributed by atoms with Gasteiger partial charge in [0.1, 0.15) is 12.2 Å². The van der Waals surface area contributed by atoms with Gasteiger partial charge >= 0.3 is 0 Å². The SMILES string of the molecule is SOC(c1ccccc1)c1ccccn1.SOC(c1ccccn1)C1CCCCC1.SOC(c1ccccn1)c1ccccn1. The molecule has 0 bridgehead atoms. The van der Waals surface area contributed by atoms with Gasteiger partial charge in [0.15, 0.2) is 6.10 Å². The van der Waals surface area contributed by atoms with Crippen molar-refractivity contribution in [2.45, 2.75) is 50.4 Å². The molecule has 4 heterocycles. The zero-order chi connectivity index (χ0) is 31.5. The predicted molar refractivity (Wildman–Crippen MR) is 187 cm³/mol. The Balaban J connectivity index is 0.000000154. The summed E-state index contributed by atoms with van der Waals surface area (Å²) >= 11 is 11.8. The van der Waals surface area contributed by atoms with Crippen molar-refractivity contribution in [1.82, 2.24) is 19.9 Å². The van der Waals surface area contributed by atoms with Crippen LogP contribution in [0.3, 0.4) is 0 Å². The molecule has 0 spiro atoms. The Morgan fingerprint density at radius 3 is 1.29 bits per heavy atom. The Kier molecular flexibility index (Phi) is 15.4. The van der Waals surface area contributed by atoms with Gasteiger partial charge < -0.3 is 12.5 Å². The second kappa shape index (κ2) is 20.0. The number of aromatic nitrogens is 4. The van der Waals surface area contributed by atoms with E-state index in [9.17, 15) is 0 Å². The molecule has 1 aliphatic carbocycles. The molecule has 0 amide bonds. The molecule has 4 aromatic heterocycles. The van der Waals surface area contributed by atoms with Crippen LogP contribution in [-0.2, 0) is 12.5 Å². The fourth-order valence-corrected chi connectivity index (χ4v) is 5.85. The van der Waals surface area contributed by atoms with Crippen LogP contribution in [0.1, 0.15) is 78.8 Å². The van der Waals surface area contributed by atoms with Crippen molar-refractivity contribution in [2.75, 3.05) is 0 Å². The average molecular weight is 659 g/mol. The average Bonchev–Trinajstić information content (AvgIpc) is 3.13. The maximum Gasteiger partial charge on any atom is 0.155 e. The van der Waals surface area contributed by atoms with Crippen LogP contribution < -0.4 is 0 Å². The van der Waals surface area contributed by atoms with Crippen LogP contribution in [0.4, 0.5) is 0 Å². The van der Waals surface area contributed by atoms with Crippen LogP contribution in [0.15, 0.2) is 128 Å². The van der Waals surface area contributed by atoms with Gasteiger partial charge in [-0.15, -0.1) is 0 Å². The molecule has 2 atom stereocenters. The Labute approximate surface area is 282 Å². The lowest BCUT2D eigenvalue weighted by Gasteiger charge is -2.27. The molecule has 5 aromatic rings. The van der Waals surface area contributed by atoms with Crippen LogP contribution in [0.2, 0.25) is 0 Å². The molecule has 1 aliphatic rings. The van der Waals surface area contributed by atoms with Crippen molar-refractivity contribution < 1.29 is 12.5 Å². The molecule has 45 heavy (non-hydrogen) atoms. The topological polar surface area (TPSA) is 79.2 Å². The van der Waals surface area contributed by atoms with Crippen molar-refractivity contribution in [3.63, 3.8) is 0 Å². The monoisotopic (exact) mass is 658 g/mol. The van der Waals surface area contributed by atoms with E-state index >= 15 is 0 Å². The van der Waals surface area contributed by atoms with Crippen molar-refractivity contribution in [3.05, 3.63) is 156 Å². The van der Waals surface area contributed by atoms with Crippen LogP contribution >= 0.6 is 38.7 Å². The highest BCUT2D eigenvalue weighted by molar-refractivity contribution is 7.75. The molecule has 0 N–H and O–H groups in total. The zero-order valence-electron chi connectivity index (χ0n) is 24.8. The Bertz CT molecular complexity index is 1290. The summed E-state index contributed by atoms with van der Waals surface area (Å²) in [5.74, 6) is 0.589. The molecule has 6 rings (SSSR count). The molecule has 0 aliphatic heterocycles. The summed E-state index contributed by atoms with van der Waals surface area (Å²) in [6, 6.07) is 32.9. The van der Waals surface area contributed by atoms with E-state index in [0.29, 0.717) is 5.92 Å². The number of rotatable bonds is 9. The molecular formula is C35H38N4O3S3. The molecule has 1 aromatic carbocycles. The molecule has 2 unspecified atom stereocenters. The van der Waals surface area contributed by atoms with Crippen molar-refractivity contribution in [2.24, 2.45) is 5.92 Å². The van der Waals surface area contributed by atoms with Gasteiger partial charge in [-0.05, 0) is 112 Å². The van der Waals surface area contributed by atoms with Gasteiger partial charge in [0.2, 0.25) is 0 Å². The third-order valence-corrected chi connectivity index (χ3v) is 8.00. The molecule has 7 nitrogen and oxygen atoms in total. The number of hydrogen-bond donors (Lipinski definition) is 3. The molecule has 234 valence electrons. The first-order valence-electron chi connectivity index (χ1n) is 14.8. The number of nitrogens with zero attached hydrogens (tertiary/aromatic N) is 4. The summed E-state index contributed by atoms with van der Waals surface area (Å²) in [6.07, 6.45) is 13.0. The Morgan fingerprint density at radius 1 is 0.467 bits per heavy atom. The molecule has 1 fully saturated rings. The normalized spacial score (nSPS) is 14.3. The summed E-state index contributed by atoms with van der Waals surface area (Å²) in [6.45, 7) is 0. The predicted octanol–water partition coefficient (Wildman–Crippen LogP) is 9.02. The van der Waals surface area contributed by atoms with Crippen molar-refractivity contribution >= 4 is 38.7 Å². The third kappa shape index (κ3) is 11.0. The van der Waals surface area contributed by atoms with Gasteiger partial charge in [-0.3, -0.25) is 19.9 Å². The van der Waals surface area contributed by atoms with Gasteiger partial charge in [0.25, 0.3) is 0 Å². The highest BCUT2D eigenvalue weighted by Gasteiger charge is 2.26. The van der Waals surface area contributed by atoms with Crippen LogP contribution in [0.25, 0.3) is 0 Å². The lowest BCUT2D eigenvalue weighted by molar-refractivity contribution is 0.131. The Hall–Kier alpha value is -3.25. The van der Waals surface area contributed by atoms with Gasteiger partial charge in [-0.1, -0.05) is 73.9 Å². The van der Waals surface area contributed by atoms with E-state index in [-0.39, 0.29) is 18.3 Å². The summed E-state index contributed by atoms with van der Waals surface area (Å²) < 4.78 is 15.6. The van der Waals surface area contributed by atoms with E-state index in [1.54, 1.807) is 18.6 Å². The van der Waals surface area contributed by atoms with Crippen molar-refractivity contribution in [3.8, 4) is 0 Å². The largest absolute Gasteiger partial charge is 0.309 e. The number of thiol groups is 3. The molecule has 0 saturated heterocycles. The minimum Gasteiger partial charge on any atom is -0.309 e. The second-order valence-corrected chi connectivity index (χ2v) is 11.0. The summed E-state index contributed by atoms with van der Waals surface area (Å²) in [7, 11) is 0. The molecule has 0 radical (unpaired) electrons. The second-order valence-electron chi connectivity index (χ2n) is 10.3. The van der Waals surface area contributed by atoms with Gasteiger partial charge in [0, 0.05) is 24.8 Å². The van der Waals surface area contributed by atoms with E-state index in [0.717, 1.165) is 28.3 Å². The smallest absolute Gasteiger partial charge is 0.155 e. The first kappa shape index (κ1) is 34.6. The summed E-state index contributed by atoms with van der Waals surface area (Å²) in [5, 5.41) is 0. The molecule has 10 heteroatoms. The lowest BCUT2D eigenvalue weighted by atomic mass is 9.84. The number of pyridine rings is 4. The lowest BCUT2D eigenvalue weighted by Crippen LogP contribution is -2.17. The number of hydrogen-bond acceptors (Lipinski definition) is 10. The van der Waals surface area contributed by atoms with Gasteiger partial charge in [0.05, 0.1) is 22.8 Å². The Morgan fingerprint density at radius 2 is 0.889 bits per heavy atom. The first-order chi connectivity index (χ1) is 22.2. The standard InChI is InChI=1S/C12H17NOS.C12H11NOS.C11H10N2OS/c2*15-14-12(10-6-2-1-3-7-10)11-8-4-5-9-13-11;15-14-11(9-5-1-3-7-12-9)10-6-2-4-8-13-10/h4-5,8-10,12,15H,1-3,6-7H2;1-9,12,15H;1-8,11,15H. The van der Waals surface area contributed by atoms with Crippen LogP contribution in [0.5, 0.6) is 0 Å². The molecular weight excluding hydrogens is 621 g/mol. The van der Waals surface area contributed by atoms with E-state index in [4.69, 9.17) is 12.5 Å². The third-order valence-electron chi connectivity index (χ3n) is 7.35. The van der Waals surface area contributed by atoms with Gasteiger partial charge in [-0.25, -0.2) is 0 Å². The van der Waals surface area contributed by atoms with Crippen LogP contribution in [-0.4, -0.2) is 19.9 Å². The highest BCUT2D eigenvalue weighted by atomic mass is 32.1. The maximum absolute atomic E-state index is 5.31. The van der Waals surface area contributed by atoms with E-state index in [2.05, 4.69) is 58.7 Å².